The summed E-state index contributed by atoms with van der Waals surface area (Å²) in [5, 5.41) is 12.5. The number of piperazine rings is 1. The second-order valence-corrected chi connectivity index (χ2v) is 14.9. The molecule has 3 fully saturated rings. The molecule has 4 heterocycles. The summed E-state index contributed by atoms with van der Waals surface area (Å²) in [6.45, 7) is 11.9. The number of fused-ring (bicyclic) bond motifs is 2. The van der Waals surface area contributed by atoms with Gasteiger partial charge < -0.3 is 19.4 Å². The number of carbonyl (C=O) groups excluding carboxylic acids is 1. The molecular formula is C36H43N7O2S. The summed E-state index contributed by atoms with van der Waals surface area (Å²) in [7, 11) is 2.25. The third kappa shape index (κ3) is 5.58. The molecule has 2 saturated heterocycles. The Morgan fingerprint density at radius 3 is 2.74 bits per heavy atom. The van der Waals surface area contributed by atoms with E-state index in [2.05, 4.69) is 84.6 Å². The molecule has 10 heteroatoms. The van der Waals surface area contributed by atoms with E-state index in [-0.39, 0.29) is 23.2 Å². The van der Waals surface area contributed by atoms with Gasteiger partial charge in [0.05, 0.1) is 40.9 Å². The minimum absolute atomic E-state index is 0.0870. The number of hydrogen-bond donors (Lipinski definition) is 0. The van der Waals surface area contributed by atoms with Crippen molar-refractivity contribution in [1.82, 2.24) is 19.8 Å². The van der Waals surface area contributed by atoms with Crippen LogP contribution in [0.1, 0.15) is 49.4 Å². The van der Waals surface area contributed by atoms with Crippen molar-refractivity contribution in [3.63, 3.8) is 0 Å². The van der Waals surface area contributed by atoms with Gasteiger partial charge in [-0.05, 0) is 63.2 Å². The van der Waals surface area contributed by atoms with E-state index >= 15 is 0 Å². The number of carbonyl (C=O) groups is 1. The van der Waals surface area contributed by atoms with E-state index in [4.69, 9.17) is 14.7 Å². The molecule has 4 aliphatic rings. The van der Waals surface area contributed by atoms with Crippen LogP contribution in [0.5, 0.6) is 6.01 Å². The van der Waals surface area contributed by atoms with Crippen LogP contribution in [0.25, 0.3) is 10.8 Å². The molecule has 7 rings (SSSR count). The molecule has 0 bridgehead atoms. The molecule has 1 aromatic heterocycles. The molecule has 1 amide bonds. The summed E-state index contributed by atoms with van der Waals surface area (Å²) in [5.41, 5.74) is 4.60. The van der Waals surface area contributed by atoms with E-state index in [0.29, 0.717) is 50.1 Å². The van der Waals surface area contributed by atoms with E-state index in [0.717, 1.165) is 30.0 Å². The zero-order valence-electron chi connectivity index (χ0n) is 27.1. The Labute approximate surface area is 276 Å². The largest absolute Gasteiger partial charge is 0.462 e. The molecule has 3 aromatic rings. The molecular weight excluding hydrogens is 595 g/mol. The Kier molecular flexibility index (Phi) is 8.32. The van der Waals surface area contributed by atoms with Crippen molar-refractivity contribution in [2.45, 2.75) is 74.7 Å². The lowest BCUT2D eigenvalue weighted by Crippen LogP contribution is -2.55. The molecule has 3 aliphatic heterocycles. The van der Waals surface area contributed by atoms with Gasteiger partial charge in [-0.3, -0.25) is 9.69 Å². The quantitative estimate of drug-likeness (QED) is 0.229. The van der Waals surface area contributed by atoms with Gasteiger partial charge in [0.15, 0.2) is 0 Å². The number of rotatable bonds is 9. The lowest BCUT2D eigenvalue weighted by Gasteiger charge is -2.42. The molecule has 1 unspecified atom stereocenters. The summed E-state index contributed by atoms with van der Waals surface area (Å²) in [6, 6.07) is 16.1. The van der Waals surface area contributed by atoms with Crippen molar-refractivity contribution in [3.05, 3.63) is 65.9 Å². The smallest absolute Gasteiger partial charge is 0.318 e. The van der Waals surface area contributed by atoms with Crippen molar-refractivity contribution in [2.75, 3.05) is 49.6 Å². The van der Waals surface area contributed by atoms with Crippen LogP contribution in [-0.2, 0) is 17.8 Å². The zero-order chi connectivity index (χ0) is 32.0. The fourth-order valence-electron chi connectivity index (χ4n) is 7.46. The summed E-state index contributed by atoms with van der Waals surface area (Å²) in [4.78, 5) is 31.8. The highest BCUT2D eigenvalue weighted by atomic mass is 32.2. The van der Waals surface area contributed by atoms with Crippen LogP contribution in [0.15, 0.2) is 49.1 Å². The van der Waals surface area contributed by atoms with Gasteiger partial charge in [0.2, 0.25) is 5.91 Å². The summed E-state index contributed by atoms with van der Waals surface area (Å²) in [5.74, 6) is 0.742. The van der Waals surface area contributed by atoms with Crippen LogP contribution >= 0.6 is 11.8 Å². The minimum atomic E-state index is -0.233. The lowest BCUT2D eigenvalue weighted by atomic mass is 9.90. The monoisotopic (exact) mass is 637 g/mol. The molecule has 240 valence electrons. The van der Waals surface area contributed by atoms with Crippen molar-refractivity contribution < 1.29 is 9.53 Å². The molecule has 3 atom stereocenters. The van der Waals surface area contributed by atoms with Crippen LogP contribution in [0.4, 0.5) is 11.5 Å². The Hall–Kier alpha value is -3.81. The molecule has 1 saturated carbocycles. The number of aryl methyl sites for hydroxylation is 1. The van der Waals surface area contributed by atoms with Gasteiger partial charge in [0.1, 0.15) is 12.4 Å². The molecule has 9 nitrogen and oxygen atoms in total. The molecule has 0 radical (unpaired) electrons. The number of thioether (sulfide) groups is 1. The topological polar surface area (TPSA) is 88.8 Å². The van der Waals surface area contributed by atoms with Crippen LogP contribution in [0.3, 0.4) is 0 Å². The SMILES string of the molecule is C=CC(=O)N1CCN(c2nc(OCC3S[C@]3(C)N(C)C3CCC3)nc3c2CCN(c2cccc4cccc(C)c24)C3)C[C@@H]1CC#N. The van der Waals surface area contributed by atoms with Crippen molar-refractivity contribution in [1.29, 1.82) is 5.26 Å². The number of benzene rings is 2. The second kappa shape index (κ2) is 12.4. The Balaban J connectivity index is 1.19. The molecule has 0 N–H and O–H groups in total. The first-order valence-corrected chi connectivity index (χ1v) is 17.4. The molecule has 2 aromatic carbocycles. The highest BCUT2D eigenvalue weighted by Crippen LogP contribution is 2.57. The minimum Gasteiger partial charge on any atom is -0.462 e. The van der Waals surface area contributed by atoms with E-state index < -0.39 is 0 Å². The average Bonchev–Trinajstić information content (AvgIpc) is 3.72. The number of nitriles is 1. The Bertz CT molecular complexity index is 1700. The van der Waals surface area contributed by atoms with Gasteiger partial charge in [-0.2, -0.15) is 15.2 Å². The number of anilines is 2. The van der Waals surface area contributed by atoms with E-state index in [1.54, 1.807) is 4.90 Å². The summed E-state index contributed by atoms with van der Waals surface area (Å²) >= 11 is 1.97. The molecule has 46 heavy (non-hydrogen) atoms. The fraction of sp³-hybridized carbons (Fsp3) is 0.500. The van der Waals surface area contributed by atoms with Crippen molar-refractivity contribution in [3.8, 4) is 12.1 Å². The van der Waals surface area contributed by atoms with Gasteiger partial charge in [-0.25, -0.2) is 0 Å². The van der Waals surface area contributed by atoms with Crippen LogP contribution in [0, 0.1) is 18.3 Å². The average molecular weight is 638 g/mol. The van der Waals surface area contributed by atoms with Crippen LogP contribution in [0.2, 0.25) is 0 Å². The van der Waals surface area contributed by atoms with E-state index in [1.165, 1.54) is 47.4 Å². The zero-order valence-corrected chi connectivity index (χ0v) is 27.9. The number of nitrogens with zero attached hydrogens (tertiary/aromatic N) is 7. The predicted octanol–water partition coefficient (Wildman–Crippen LogP) is 5.31. The van der Waals surface area contributed by atoms with Crippen LogP contribution < -0.4 is 14.5 Å². The number of amides is 1. The predicted molar refractivity (Wildman–Crippen MR) is 184 cm³/mol. The summed E-state index contributed by atoms with van der Waals surface area (Å²) in [6.07, 6.45) is 6.28. The fourth-order valence-corrected chi connectivity index (χ4v) is 8.66. The standard InChI is InChI=1S/C36H43N7O2S/c1-5-32(44)43-20-19-42(21-27(43)15-17-37)34-28-16-18-41(30-14-7-11-25-10-6-9-24(2)33(25)30)22-29(28)38-35(39-34)45-23-31-36(3,46-31)40(4)26-12-8-13-26/h5-7,9-11,14,26-27,31H,1,8,12-13,15-16,18-23H2,2-4H3/t27-,31?,36-/m0/s1. The van der Waals surface area contributed by atoms with Crippen molar-refractivity contribution in [2.24, 2.45) is 0 Å². The second-order valence-electron chi connectivity index (χ2n) is 13.2. The Morgan fingerprint density at radius 1 is 1.20 bits per heavy atom. The van der Waals surface area contributed by atoms with Gasteiger partial charge in [0, 0.05) is 48.9 Å². The highest BCUT2D eigenvalue weighted by Gasteiger charge is 2.57. The lowest BCUT2D eigenvalue weighted by molar-refractivity contribution is -0.128. The Morgan fingerprint density at radius 2 is 2.00 bits per heavy atom. The van der Waals surface area contributed by atoms with E-state index in [1.807, 2.05) is 11.8 Å². The van der Waals surface area contributed by atoms with Gasteiger partial charge in [0.25, 0.3) is 0 Å². The van der Waals surface area contributed by atoms with E-state index in [9.17, 15) is 10.1 Å². The molecule has 1 aliphatic carbocycles. The maximum Gasteiger partial charge on any atom is 0.318 e. The van der Waals surface area contributed by atoms with Gasteiger partial charge in [-0.1, -0.05) is 43.3 Å². The maximum absolute atomic E-state index is 12.6. The number of ether oxygens (including phenoxy) is 1. The van der Waals surface area contributed by atoms with Gasteiger partial charge in [-0.15, -0.1) is 11.8 Å². The molecule has 0 spiro atoms. The summed E-state index contributed by atoms with van der Waals surface area (Å²) < 4.78 is 6.44. The highest BCUT2D eigenvalue weighted by molar-refractivity contribution is 8.08. The van der Waals surface area contributed by atoms with Gasteiger partial charge >= 0.3 is 6.01 Å². The van der Waals surface area contributed by atoms with Crippen LogP contribution in [-0.4, -0.2) is 87.7 Å². The normalized spacial score (nSPS) is 24.4. The maximum atomic E-state index is 12.6. The third-order valence-electron chi connectivity index (χ3n) is 10.6. The first kappa shape index (κ1) is 30.8. The third-order valence-corrected chi connectivity index (χ3v) is 12.3. The first-order chi connectivity index (χ1) is 22.3. The number of aromatic nitrogens is 2. The number of hydrogen-bond acceptors (Lipinski definition) is 9. The van der Waals surface area contributed by atoms with Crippen molar-refractivity contribution >= 4 is 39.9 Å². The first-order valence-electron chi connectivity index (χ1n) is 16.5.